The third kappa shape index (κ3) is 2.89. The van der Waals surface area contributed by atoms with Crippen molar-refractivity contribution in [3.8, 4) is 5.13 Å². The van der Waals surface area contributed by atoms with Crippen molar-refractivity contribution >= 4 is 21.2 Å². The van der Waals surface area contributed by atoms with Gasteiger partial charge >= 0.3 is 0 Å². The van der Waals surface area contributed by atoms with Crippen LogP contribution in [0.2, 0.25) is 0 Å². The minimum atomic E-state index is -3.08. The highest BCUT2D eigenvalue weighted by atomic mass is 32.2. The van der Waals surface area contributed by atoms with Crippen LogP contribution in [0, 0.1) is 13.8 Å². The molecule has 0 aliphatic heterocycles. The molecule has 0 aliphatic carbocycles. The second-order valence-corrected chi connectivity index (χ2v) is 7.18. The van der Waals surface area contributed by atoms with Crippen LogP contribution < -0.4 is 0 Å². The summed E-state index contributed by atoms with van der Waals surface area (Å²) in [5.74, 6) is -0.101. The predicted molar refractivity (Wildman–Crippen MR) is 65.1 cm³/mol. The van der Waals surface area contributed by atoms with E-state index in [1.807, 2.05) is 13.8 Å². The lowest BCUT2D eigenvalue weighted by molar-refractivity contribution is 0.600. The van der Waals surface area contributed by atoms with E-state index in [2.05, 4.69) is 15.3 Å². The first-order valence-electron chi connectivity index (χ1n) is 4.88. The van der Waals surface area contributed by atoms with Crippen molar-refractivity contribution in [2.75, 3.05) is 6.26 Å². The third-order valence-electron chi connectivity index (χ3n) is 2.16. The molecule has 0 N–H and O–H groups in total. The van der Waals surface area contributed by atoms with Crippen molar-refractivity contribution in [1.29, 1.82) is 0 Å². The minimum Gasteiger partial charge on any atom is -0.229 e. The van der Waals surface area contributed by atoms with Gasteiger partial charge < -0.3 is 0 Å². The number of hydrogen-bond donors (Lipinski definition) is 0. The van der Waals surface area contributed by atoms with Gasteiger partial charge in [0.15, 0.2) is 9.84 Å². The fourth-order valence-electron chi connectivity index (χ4n) is 1.28. The van der Waals surface area contributed by atoms with Gasteiger partial charge in [-0.15, -0.1) is 5.10 Å². The molecule has 2 aromatic heterocycles. The first kappa shape index (κ1) is 12.2. The van der Waals surface area contributed by atoms with E-state index < -0.39 is 9.84 Å². The average Bonchev–Trinajstić information content (AvgIpc) is 2.72. The molecule has 2 aromatic rings. The fourth-order valence-corrected chi connectivity index (χ4v) is 2.78. The minimum absolute atomic E-state index is 0.101. The van der Waals surface area contributed by atoms with Gasteiger partial charge in [0.1, 0.15) is 0 Å². The molecule has 0 radical (unpaired) electrons. The molecule has 0 unspecified atom stereocenters. The Morgan fingerprint density at radius 3 is 2.65 bits per heavy atom. The molecule has 0 saturated heterocycles. The average molecular weight is 272 g/mol. The maximum atomic E-state index is 11.1. The molecule has 0 amide bonds. The van der Waals surface area contributed by atoms with Crippen LogP contribution in [0.15, 0.2) is 6.20 Å². The predicted octanol–water partition coefficient (Wildman–Crippen LogP) is 0.885. The molecule has 0 saturated carbocycles. The Morgan fingerprint density at radius 1 is 1.41 bits per heavy atom. The largest absolute Gasteiger partial charge is 0.229 e. The fraction of sp³-hybridized carbons (Fsp3) is 0.444. The Balaban J connectivity index is 2.30. The van der Waals surface area contributed by atoms with Crippen LogP contribution in [0.5, 0.6) is 0 Å². The summed E-state index contributed by atoms with van der Waals surface area (Å²) in [6.07, 6.45) is 2.77. The molecule has 17 heavy (non-hydrogen) atoms. The Hall–Kier alpha value is -1.28. The van der Waals surface area contributed by atoms with Crippen LogP contribution in [-0.2, 0) is 15.6 Å². The summed E-state index contributed by atoms with van der Waals surface area (Å²) in [6, 6.07) is 0. The van der Waals surface area contributed by atoms with E-state index in [4.69, 9.17) is 0 Å². The van der Waals surface area contributed by atoms with E-state index >= 15 is 0 Å². The summed E-state index contributed by atoms with van der Waals surface area (Å²) >= 11 is 1.50. The number of sulfone groups is 1. The molecule has 2 rings (SSSR count). The van der Waals surface area contributed by atoms with Gasteiger partial charge in [-0.1, -0.05) is 16.6 Å². The standard InChI is InChI=1S/C9H12N4O2S2/c1-6-7(2)16-9(10-6)13-4-8(11-12-13)5-17(3,14)15/h4H,5H2,1-3H3. The van der Waals surface area contributed by atoms with Gasteiger partial charge in [0.2, 0.25) is 5.13 Å². The zero-order chi connectivity index (χ0) is 12.6. The zero-order valence-corrected chi connectivity index (χ0v) is 11.3. The molecule has 0 aliphatic rings. The molecule has 8 heteroatoms. The number of aromatic nitrogens is 4. The maximum absolute atomic E-state index is 11.1. The molecular weight excluding hydrogens is 260 g/mol. The zero-order valence-electron chi connectivity index (χ0n) is 9.71. The van der Waals surface area contributed by atoms with Gasteiger partial charge in [0, 0.05) is 11.1 Å². The van der Waals surface area contributed by atoms with Gasteiger partial charge in [0.05, 0.1) is 23.3 Å². The second kappa shape index (κ2) is 4.19. The number of aryl methyl sites for hydroxylation is 2. The summed E-state index contributed by atoms with van der Waals surface area (Å²) in [5, 5.41) is 8.39. The first-order chi connectivity index (χ1) is 7.85. The van der Waals surface area contributed by atoms with Gasteiger partial charge in [-0.25, -0.2) is 13.4 Å². The van der Waals surface area contributed by atoms with Crippen LogP contribution in [0.4, 0.5) is 0 Å². The molecule has 2 heterocycles. The third-order valence-corrected chi connectivity index (χ3v) is 4.05. The topological polar surface area (TPSA) is 77.7 Å². The highest BCUT2D eigenvalue weighted by molar-refractivity contribution is 7.89. The summed E-state index contributed by atoms with van der Waals surface area (Å²) < 4.78 is 23.7. The number of rotatable bonds is 3. The lowest BCUT2D eigenvalue weighted by Crippen LogP contribution is -2.00. The molecule has 0 aromatic carbocycles. The first-order valence-corrected chi connectivity index (χ1v) is 7.76. The van der Waals surface area contributed by atoms with Gasteiger partial charge in [-0.3, -0.25) is 0 Å². The smallest absolute Gasteiger partial charge is 0.212 e. The Morgan fingerprint density at radius 2 is 2.12 bits per heavy atom. The van der Waals surface area contributed by atoms with E-state index in [0.29, 0.717) is 10.8 Å². The monoisotopic (exact) mass is 272 g/mol. The van der Waals surface area contributed by atoms with Crippen molar-refractivity contribution in [3.63, 3.8) is 0 Å². The lowest BCUT2D eigenvalue weighted by Gasteiger charge is -1.91. The highest BCUT2D eigenvalue weighted by Gasteiger charge is 2.11. The van der Waals surface area contributed by atoms with Crippen molar-refractivity contribution < 1.29 is 8.42 Å². The quantitative estimate of drug-likeness (QED) is 0.829. The summed E-state index contributed by atoms with van der Waals surface area (Å²) in [7, 11) is -3.08. The molecule has 0 atom stereocenters. The lowest BCUT2D eigenvalue weighted by atomic mass is 10.4. The SMILES string of the molecule is Cc1nc(-n2cc(CS(C)(=O)=O)nn2)sc1C. The summed E-state index contributed by atoms with van der Waals surface area (Å²) in [5.41, 5.74) is 1.38. The molecule has 0 fully saturated rings. The van der Waals surface area contributed by atoms with Crippen molar-refractivity contribution in [3.05, 3.63) is 22.5 Å². The summed E-state index contributed by atoms with van der Waals surface area (Å²) in [4.78, 5) is 5.43. The maximum Gasteiger partial charge on any atom is 0.212 e. The van der Waals surface area contributed by atoms with E-state index in [0.717, 1.165) is 10.6 Å². The van der Waals surface area contributed by atoms with Crippen LogP contribution in [0.3, 0.4) is 0 Å². The molecule has 6 nitrogen and oxygen atoms in total. The Kier molecular flexibility index (Phi) is 3.00. The highest BCUT2D eigenvalue weighted by Crippen LogP contribution is 2.19. The molecule has 92 valence electrons. The van der Waals surface area contributed by atoms with Crippen molar-refractivity contribution in [2.45, 2.75) is 19.6 Å². The number of nitrogens with zero attached hydrogens (tertiary/aromatic N) is 4. The van der Waals surface area contributed by atoms with E-state index in [1.165, 1.54) is 22.3 Å². The van der Waals surface area contributed by atoms with Crippen LogP contribution in [-0.4, -0.2) is 34.7 Å². The van der Waals surface area contributed by atoms with E-state index in [1.54, 1.807) is 6.20 Å². The summed E-state index contributed by atoms with van der Waals surface area (Å²) in [6.45, 7) is 3.90. The van der Waals surface area contributed by atoms with E-state index in [-0.39, 0.29) is 5.75 Å². The van der Waals surface area contributed by atoms with Crippen LogP contribution >= 0.6 is 11.3 Å². The van der Waals surface area contributed by atoms with Crippen molar-refractivity contribution in [1.82, 2.24) is 20.0 Å². The molecular formula is C9H12N4O2S2. The molecule has 0 bridgehead atoms. The van der Waals surface area contributed by atoms with Gasteiger partial charge in [-0.05, 0) is 13.8 Å². The number of hydrogen-bond acceptors (Lipinski definition) is 6. The van der Waals surface area contributed by atoms with Gasteiger partial charge in [-0.2, -0.15) is 4.68 Å². The van der Waals surface area contributed by atoms with Crippen molar-refractivity contribution in [2.24, 2.45) is 0 Å². The van der Waals surface area contributed by atoms with Crippen LogP contribution in [0.1, 0.15) is 16.3 Å². The Labute approximate surface area is 103 Å². The van der Waals surface area contributed by atoms with Gasteiger partial charge in [0.25, 0.3) is 0 Å². The van der Waals surface area contributed by atoms with Crippen LogP contribution in [0.25, 0.3) is 5.13 Å². The molecule has 0 spiro atoms. The normalized spacial score (nSPS) is 11.9. The second-order valence-electron chi connectivity index (χ2n) is 3.86. The Bertz CT molecular complexity index is 622. The number of thiazole rings is 1. The van der Waals surface area contributed by atoms with E-state index in [9.17, 15) is 8.42 Å².